The molecule has 2 heterocycles. The van der Waals surface area contributed by atoms with Gasteiger partial charge in [-0.3, -0.25) is 9.78 Å². The third-order valence-corrected chi connectivity index (χ3v) is 3.11. The molecular formula is C16H13N3O. The molecule has 0 aliphatic carbocycles. The SMILES string of the molecule is Cc1ccc(-c2cc(-c3ccccn3)n(C=O)n2)cc1. The van der Waals surface area contributed by atoms with Crippen LogP contribution in [0.5, 0.6) is 0 Å². The van der Waals surface area contributed by atoms with E-state index in [1.165, 1.54) is 10.2 Å². The largest absolute Gasteiger partial charge is 0.276 e. The van der Waals surface area contributed by atoms with Gasteiger partial charge in [0.25, 0.3) is 0 Å². The number of rotatable bonds is 3. The number of hydrogen-bond donors (Lipinski definition) is 0. The molecule has 98 valence electrons. The maximum absolute atomic E-state index is 11.2. The molecule has 2 aromatic heterocycles. The van der Waals surface area contributed by atoms with Crippen molar-refractivity contribution in [2.24, 2.45) is 0 Å². The lowest BCUT2D eigenvalue weighted by molar-refractivity contribution is 0.541. The molecule has 0 N–H and O–H groups in total. The van der Waals surface area contributed by atoms with E-state index in [0.29, 0.717) is 12.1 Å². The summed E-state index contributed by atoms with van der Waals surface area (Å²) in [5.74, 6) is 0. The molecule has 0 aliphatic rings. The van der Waals surface area contributed by atoms with E-state index in [2.05, 4.69) is 10.1 Å². The monoisotopic (exact) mass is 263 g/mol. The maximum Gasteiger partial charge on any atom is 0.234 e. The van der Waals surface area contributed by atoms with E-state index in [9.17, 15) is 4.79 Å². The van der Waals surface area contributed by atoms with Crippen molar-refractivity contribution in [2.75, 3.05) is 0 Å². The Hall–Kier alpha value is -2.75. The first kappa shape index (κ1) is 12.3. The molecule has 0 atom stereocenters. The third kappa shape index (κ3) is 2.23. The van der Waals surface area contributed by atoms with Crippen LogP contribution in [0.25, 0.3) is 22.6 Å². The van der Waals surface area contributed by atoms with Gasteiger partial charge < -0.3 is 0 Å². The van der Waals surface area contributed by atoms with Gasteiger partial charge in [0.2, 0.25) is 6.41 Å². The van der Waals surface area contributed by atoms with Gasteiger partial charge in [0.1, 0.15) is 0 Å². The zero-order valence-electron chi connectivity index (χ0n) is 11.0. The molecule has 4 nitrogen and oxygen atoms in total. The highest BCUT2D eigenvalue weighted by Gasteiger charge is 2.11. The average molecular weight is 263 g/mol. The van der Waals surface area contributed by atoms with E-state index < -0.39 is 0 Å². The van der Waals surface area contributed by atoms with Gasteiger partial charge >= 0.3 is 0 Å². The van der Waals surface area contributed by atoms with Crippen LogP contribution in [0, 0.1) is 6.92 Å². The van der Waals surface area contributed by atoms with E-state index in [-0.39, 0.29) is 0 Å². The van der Waals surface area contributed by atoms with Gasteiger partial charge in [0.15, 0.2) is 0 Å². The predicted octanol–water partition coefficient (Wildman–Crippen LogP) is 2.96. The van der Waals surface area contributed by atoms with Gasteiger partial charge in [-0.05, 0) is 25.1 Å². The Labute approximate surface area is 116 Å². The number of benzene rings is 1. The molecule has 0 fully saturated rings. The fourth-order valence-corrected chi connectivity index (χ4v) is 2.05. The molecule has 3 aromatic rings. The molecule has 3 rings (SSSR count). The van der Waals surface area contributed by atoms with Crippen LogP contribution in [0.1, 0.15) is 5.56 Å². The number of hydrogen-bond acceptors (Lipinski definition) is 3. The van der Waals surface area contributed by atoms with Crippen molar-refractivity contribution in [1.82, 2.24) is 14.8 Å². The smallest absolute Gasteiger partial charge is 0.234 e. The highest BCUT2D eigenvalue weighted by molar-refractivity contribution is 5.72. The zero-order chi connectivity index (χ0) is 13.9. The second kappa shape index (κ2) is 5.09. The molecule has 0 saturated heterocycles. The fraction of sp³-hybridized carbons (Fsp3) is 0.0625. The second-order valence-corrected chi connectivity index (χ2v) is 4.55. The van der Waals surface area contributed by atoms with E-state index in [4.69, 9.17) is 0 Å². The normalized spacial score (nSPS) is 10.4. The van der Waals surface area contributed by atoms with E-state index >= 15 is 0 Å². The summed E-state index contributed by atoms with van der Waals surface area (Å²) in [6.45, 7) is 2.03. The number of aromatic nitrogens is 3. The summed E-state index contributed by atoms with van der Waals surface area (Å²) in [6.07, 6.45) is 2.39. The van der Waals surface area contributed by atoms with Gasteiger partial charge in [-0.25, -0.2) is 4.68 Å². The first-order chi connectivity index (χ1) is 9.78. The van der Waals surface area contributed by atoms with Crippen LogP contribution in [0.4, 0.5) is 0 Å². The molecule has 0 aliphatic heterocycles. The molecule has 0 unspecified atom stereocenters. The Morgan fingerprint density at radius 3 is 2.50 bits per heavy atom. The van der Waals surface area contributed by atoms with Crippen LogP contribution in [0.2, 0.25) is 0 Å². The molecule has 0 radical (unpaired) electrons. The Morgan fingerprint density at radius 1 is 1.05 bits per heavy atom. The first-order valence-electron chi connectivity index (χ1n) is 6.31. The number of pyridine rings is 1. The van der Waals surface area contributed by atoms with Gasteiger partial charge in [0.05, 0.1) is 17.1 Å². The topological polar surface area (TPSA) is 47.8 Å². The maximum atomic E-state index is 11.2. The summed E-state index contributed by atoms with van der Waals surface area (Å²) >= 11 is 0. The van der Waals surface area contributed by atoms with Gasteiger partial charge in [-0.2, -0.15) is 5.10 Å². The van der Waals surface area contributed by atoms with Crippen LogP contribution < -0.4 is 0 Å². The van der Waals surface area contributed by atoms with Crippen LogP contribution in [0.15, 0.2) is 54.7 Å². The van der Waals surface area contributed by atoms with Crippen LogP contribution in [0.3, 0.4) is 0 Å². The molecule has 0 bridgehead atoms. The summed E-state index contributed by atoms with van der Waals surface area (Å²) in [5, 5.41) is 4.31. The molecule has 0 spiro atoms. The quantitative estimate of drug-likeness (QED) is 0.682. The Bertz CT molecular complexity index is 730. The van der Waals surface area contributed by atoms with Crippen molar-refractivity contribution < 1.29 is 4.79 Å². The number of carbonyl (C=O) groups is 1. The standard InChI is InChI=1S/C16H13N3O/c1-12-5-7-13(8-6-12)15-10-16(19(11-20)18-15)14-4-2-3-9-17-14/h2-11H,1H3. The number of aryl methyl sites for hydroxylation is 1. The summed E-state index contributed by atoms with van der Waals surface area (Å²) in [6, 6.07) is 15.5. The molecule has 0 amide bonds. The van der Waals surface area contributed by atoms with E-state index in [0.717, 1.165) is 17.0 Å². The number of carbonyl (C=O) groups excluding carboxylic acids is 1. The van der Waals surface area contributed by atoms with Crippen molar-refractivity contribution in [2.45, 2.75) is 6.92 Å². The Balaban J connectivity index is 2.09. The highest BCUT2D eigenvalue weighted by atomic mass is 16.1. The van der Waals surface area contributed by atoms with Gasteiger partial charge in [0, 0.05) is 11.8 Å². The first-order valence-corrected chi connectivity index (χ1v) is 6.31. The Kier molecular flexibility index (Phi) is 3.13. The number of nitrogens with zero attached hydrogens (tertiary/aromatic N) is 3. The lowest BCUT2D eigenvalue weighted by atomic mass is 10.1. The van der Waals surface area contributed by atoms with E-state index in [1.807, 2.05) is 55.5 Å². The van der Waals surface area contributed by atoms with Crippen molar-refractivity contribution >= 4 is 6.41 Å². The van der Waals surface area contributed by atoms with Crippen molar-refractivity contribution in [3.05, 3.63) is 60.3 Å². The van der Waals surface area contributed by atoms with Crippen molar-refractivity contribution in [1.29, 1.82) is 0 Å². The zero-order valence-corrected chi connectivity index (χ0v) is 11.0. The van der Waals surface area contributed by atoms with Crippen molar-refractivity contribution in [3.63, 3.8) is 0 Å². The molecule has 20 heavy (non-hydrogen) atoms. The lowest BCUT2D eigenvalue weighted by Gasteiger charge is -1.97. The molecule has 0 saturated carbocycles. The summed E-state index contributed by atoms with van der Waals surface area (Å²) in [4.78, 5) is 15.4. The fourth-order valence-electron chi connectivity index (χ4n) is 2.05. The predicted molar refractivity (Wildman–Crippen MR) is 77.8 cm³/mol. The Morgan fingerprint density at radius 2 is 1.85 bits per heavy atom. The lowest BCUT2D eigenvalue weighted by Crippen LogP contribution is -2.00. The van der Waals surface area contributed by atoms with Crippen molar-refractivity contribution in [3.8, 4) is 22.6 Å². The van der Waals surface area contributed by atoms with Gasteiger partial charge in [-0.1, -0.05) is 35.9 Å². The third-order valence-electron chi connectivity index (χ3n) is 3.11. The highest BCUT2D eigenvalue weighted by Crippen LogP contribution is 2.24. The summed E-state index contributed by atoms with van der Waals surface area (Å²) in [5.41, 5.74) is 4.35. The molecule has 1 aromatic carbocycles. The average Bonchev–Trinajstić information content (AvgIpc) is 2.93. The van der Waals surface area contributed by atoms with Crippen LogP contribution in [-0.2, 0) is 4.79 Å². The minimum atomic E-state index is 0.691. The molecular weight excluding hydrogens is 250 g/mol. The van der Waals surface area contributed by atoms with Crippen LogP contribution >= 0.6 is 0 Å². The van der Waals surface area contributed by atoms with Gasteiger partial charge in [-0.15, -0.1) is 0 Å². The van der Waals surface area contributed by atoms with Crippen LogP contribution in [-0.4, -0.2) is 21.2 Å². The minimum Gasteiger partial charge on any atom is -0.276 e. The summed E-state index contributed by atoms with van der Waals surface area (Å²) < 4.78 is 1.32. The van der Waals surface area contributed by atoms with E-state index in [1.54, 1.807) is 6.20 Å². The second-order valence-electron chi connectivity index (χ2n) is 4.55. The summed E-state index contributed by atoms with van der Waals surface area (Å²) in [7, 11) is 0. The molecule has 4 heteroatoms. The minimum absolute atomic E-state index is 0.691.